The summed E-state index contributed by atoms with van der Waals surface area (Å²) in [4.78, 5) is 6.38. The van der Waals surface area contributed by atoms with Gasteiger partial charge in [0, 0.05) is 31.0 Å². The maximum absolute atomic E-state index is 6.34. The second kappa shape index (κ2) is 5.15. The molecule has 0 radical (unpaired) electrons. The minimum atomic E-state index is -0.00695. The van der Waals surface area contributed by atoms with Gasteiger partial charge in [-0.3, -0.25) is 4.98 Å². The zero-order valence-corrected chi connectivity index (χ0v) is 10.9. The molecule has 1 heterocycles. The Kier molecular flexibility index (Phi) is 3.79. The zero-order valence-electron chi connectivity index (χ0n) is 10.9. The molecule has 1 aromatic rings. The molecular weight excluding hydrogens is 210 g/mol. The summed E-state index contributed by atoms with van der Waals surface area (Å²) in [6.07, 6.45) is 7.40. The van der Waals surface area contributed by atoms with Crippen LogP contribution in [0, 0.1) is 5.92 Å². The van der Waals surface area contributed by atoms with Crippen LogP contribution in [0.1, 0.15) is 25.3 Å². The third-order valence-corrected chi connectivity index (χ3v) is 3.65. The molecule has 0 aromatic carbocycles. The second-order valence-electron chi connectivity index (χ2n) is 5.62. The highest BCUT2D eigenvalue weighted by molar-refractivity contribution is 5.10. The monoisotopic (exact) mass is 233 g/mol. The zero-order chi connectivity index (χ0) is 12.3. The van der Waals surface area contributed by atoms with Crippen LogP contribution in [0.3, 0.4) is 0 Å². The number of hydrogen-bond donors (Lipinski definition) is 1. The maximum Gasteiger partial charge on any atom is 0.0283 e. The van der Waals surface area contributed by atoms with Crippen molar-refractivity contribution in [2.45, 2.75) is 31.7 Å². The van der Waals surface area contributed by atoms with Crippen LogP contribution in [-0.4, -0.2) is 35.6 Å². The molecule has 17 heavy (non-hydrogen) atoms. The van der Waals surface area contributed by atoms with Gasteiger partial charge in [-0.1, -0.05) is 0 Å². The van der Waals surface area contributed by atoms with Crippen molar-refractivity contribution in [3.8, 4) is 0 Å². The third kappa shape index (κ3) is 3.79. The van der Waals surface area contributed by atoms with Crippen LogP contribution in [-0.2, 0) is 6.42 Å². The molecule has 0 bridgehead atoms. The van der Waals surface area contributed by atoms with Crippen LogP contribution in [0.5, 0.6) is 0 Å². The van der Waals surface area contributed by atoms with Gasteiger partial charge in [0.2, 0.25) is 0 Å². The Hall–Kier alpha value is -0.930. The first-order chi connectivity index (χ1) is 8.08. The molecular formula is C14H23N3. The van der Waals surface area contributed by atoms with Crippen molar-refractivity contribution in [2.75, 3.05) is 20.1 Å². The summed E-state index contributed by atoms with van der Waals surface area (Å²) in [5.41, 5.74) is 7.68. The van der Waals surface area contributed by atoms with Gasteiger partial charge in [-0.15, -0.1) is 0 Å². The van der Waals surface area contributed by atoms with Crippen LogP contribution < -0.4 is 5.73 Å². The van der Waals surface area contributed by atoms with E-state index < -0.39 is 0 Å². The van der Waals surface area contributed by atoms with Gasteiger partial charge in [-0.2, -0.15) is 0 Å². The molecule has 3 nitrogen and oxygen atoms in total. The van der Waals surface area contributed by atoms with E-state index in [1.54, 1.807) is 0 Å². The minimum Gasteiger partial charge on any atom is -0.324 e. The predicted octanol–water partition coefficient (Wildman–Crippen LogP) is 1.68. The smallest absolute Gasteiger partial charge is 0.0283 e. The molecule has 0 aliphatic heterocycles. The van der Waals surface area contributed by atoms with E-state index in [0.29, 0.717) is 0 Å². The van der Waals surface area contributed by atoms with Crippen molar-refractivity contribution in [1.29, 1.82) is 0 Å². The van der Waals surface area contributed by atoms with Crippen molar-refractivity contribution in [1.82, 2.24) is 9.88 Å². The topological polar surface area (TPSA) is 42.2 Å². The number of rotatable bonds is 6. The van der Waals surface area contributed by atoms with Gasteiger partial charge in [0.05, 0.1) is 0 Å². The summed E-state index contributed by atoms with van der Waals surface area (Å²) in [6.45, 7) is 4.24. The van der Waals surface area contributed by atoms with Crippen molar-refractivity contribution >= 4 is 0 Å². The first kappa shape index (κ1) is 12.5. The molecule has 94 valence electrons. The molecule has 1 aliphatic carbocycles. The Labute approximate surface area is 104 Å². The van der Waals surface area contributed by atoms with E-state index in [1.165, 1.54) is 18.4 Å². The van der Waals surface area contributed by atoms with Gasteiger partial charge < -0.3 is 10.6 Å². The highest BCUT2D eigenvalue weighted by Crippen LogP contribution is 2.38. The van der Waals surface area contributed by atoms with Crippen LogP contribution in [0.25, 0.3) is 0 Å². The standard InChI is InChI=1S/C14H23N3/c1-14(15,13-3-4-13)11-17(2)10-7-12-5-8-16-9-6-12/h5-6,8-9,13H,3-4,7,10-11,15H2,1-2H3. The summed E-state index contributed by atoms with van der Waals surface area (Å²) < 4.78 is 0. The van der Waals surface area contributed by atoms with Gasteiger partial charge in [0.15, 0.2) is 0 Å². The Bertz CT molecular complexity index is 344. The number of nitrogens with zero attached hydrogens (tertiary/aromatic N) is 2. The minimum absolute atomic E-state index is 0.00695. The molecule has 2 N–H and O–H groups in total. The van der Waals surface area contributed by atoms with E-state index in [9.17, 15) is 0 Å². The lowest BCUT2D eigenvalue weighted by Crippen LogP contribution is -2.48. The molecule has 1 unspecified atom stereocenters. The SMILES string of the molecule is CN(CCc1ccncc1)CC(C)(N)C1CC1. The van der Waals surface area contributed by atoms with Gasteiger partial charge in [-0.05, 0) is 56.8 Å². The number of pyridine rings is 1. The largest absolute Gasteiger partial charge is 0.324 e. The van der Waals surface area contributed by atoms with Gasteiger partial charge in [-0.25, -0.2) is 0 Å². The lowest BCUT2D eigenvalue weighted by molar-refractivity contribution is 0.240. The van der Waals surface area contributed by atoms with E-state index in [1.807, 2.05) is 12.4 Å². The van der Waals surface area contributed by atoms with Crippen molar-refractivity contribution in [2.24, 2.45) is 11.7 Å². The normalized spacial score (nSPS) is 19.3. The summed E-state index contributed by atoms with van der Waals surface area (Å²) in [6, 6.07) is 4.16. The summed E-state index contributed by atoms with van der Waals surface area (Å²) in [7, 11) is 2.16. The fourth-order valence-electron chi connectivity index (χ4n) is 2.40. The lowest BCUT2D eigenvalue weighted by atomic mass is 9.96. The molecule has 1 fully saturated rings. The predicted molar refractivity (Wildman–Crippen MR) is 70.8 cm³/mol. The van der Waals surface area contributed by atoms with E-state index >= 15 is 0 Å². The average molecular weight is 233 g/mol. The van der Waals surface area contributed by atoms with Gasteiger partial charge >= 0.3 is 0 Å². The van der Waals surface area contributed by atoms with Crippen LogP contribution in [0.4, 0.5) is 0 Å². The van der Waals surface area contributed by atoms with Crippen LogP contribution in [0.15, 0.2) is 24.5 Å². The summed E-state index contributed by atoms with van der Waals surface area (Å²) in [5.74, 6) is 0.742. The lowest BCUT2D eigenvalue weighted by Gasteiger charge is -2.30. The van der Waals surface area contributed by atoms with Crippen molar-refractivity contribution in [3.63, 3.8) is 0 Å². The van der Waals surface area contributed by atoms with Crippen molar-refractivity contribution in [3.05, 3.63) is 30.1 Å². The number of hydrogen-bond acceptors (Lipinski definition) is 3. The second-order valence-corrected chi connectivity index (χ2v) is 5.62. The van der Waals surface area contributed by atoms with E-state index in [0.717, 1.165) is 25.4 Å². The fraction of sp³-hybridized carbons (Fsp3) is 0.643. The van der Waals surface area contributed by atoms with Gasteiger partial charge in [0.1, 0.15) is 0 Å². The Morgan fingerprint density at radius 2 is 2.06 bits per heavy atom. The number of aromatic nitrogens is 1. The molecule has 0 saturated heterocycles. The summed E-state index contributed by atoms with van der Waals surface area (Å²) in [5, 5.41) is 0. The quantitative estimate of drug-likeness (QED) is 0.813. The molecule has 0 spiro atoms. The van der Waals surface area contributed by atoms with E-state index in [-0.39, 0.29) is 5.54 Å². The molecule has 1 atom stereocenters. The molecule has 0 amide bonds. The fourth-order valence-corrected chi connectivity index (χ4v) is 2.40. The Morgan fingerprint density at radius 1 is 1.41 bits per heavy atom. The first-order valence-corrected chi connectivity index (χ1v) is 6.44. The van der Waals surface area contributed by atoms with Crippen molar-refractivity contribution < 1.29 is 0 Å². The summed E-state index contributed by atoms with van der Waals surface area (Å²) >= 11 is 0. The van der Waals surface area contributed by atoms with Crippen LogP contribution >= 0.6 is 0 Å². The maximum atomic E-state index is 6.34. The molecule has 2 rings (SSSR count). The van der Waals surface area contributed by atoms with E-state index in [4.69, 9.17) is 5.73 Å². The Balaban J connectivity index is 1.76. The molecule has 1 saturated carbocycles. The molecule has 1 aromatic heterocycles. The average Bonchev–Trinajstić information content (AvgIpc) is 3.11. The van der Waals surface area contributed by atoms with E-state index in [2.05, 4.69) is 36.0 Å². The van der Waals surface area contributed by atoms with Gasteiger partial charge in [0.25, 0.3) is 0 Å². The number of nitrogens with two attached hydrogens (primary N) is 1. The Morgan fingerprint density at radius 3 is 2.65 bits per heavy atom. The number of likely N-dealkylation sites (N-methyl/N-ethyl adjacent to an activating group) is 1. The van der Waals surface area contributed by atoms with Crippen LogP contribution in [0.2, 0.25) is 0 Å². The molecule has 1 aliphatic rings. The third-order valence-electron chi connectivity index (χ3n) is 3.65. The highest BCUT2D eigenvalue weighted by atomic mass is 15.1. The highest BCUT2D eigenvalue weighted by Gasteiger charge is 2.38. The first-order valence-electron chi connectivity index (χ1n) is 6.44. The molecule has 3 heteroatoms.